The summed E-state index contributed by atoms with van der Waals surface area (Å²) < 4.78 is 198. The Hall–Kier alpha value is -1.84. The van der Waals surface area contributed by atoms with Crippen LogP contribution in [0.1, 0.15) is 19.8 Å². The molecule has 17 heteroatoms. The van der Waals surface area contributed by atoms with Crippen molar-refractivity contribution >= 4 is 5.97 Å². The minimum atomic E-state index is -8.31. The van der Waals surface area contributed by atoms with E-state index in [4.69, 9.17) is 0 Å². The molecule has 0 aliphatic carbocycles. The van der Waals surface area contributed by atoms with E-state index in [1.165, 1.54) is 0 Å². The maximum absolute atomic E-state index is 13.5. The second kappa shape index (κ2) is 8.26. The van der Waals surface area contributed by atoms with Gasteiger partial charge in [-0.2, -0.15) is 65.9 Å². The Kier molecular flexibility index (Phi) is 7.77. The zero-order valence-electron chi connectivity index (χ0n) is 14.8. The van der Waals surface area contributed by atoms with E-state index in [2.05, 4.69) is 11.3 Å². The fourth-order valence-corrected chi connectivity index (χ4v) is 1.74. The summed E-state index contributed by atoms with van der Waals surface area (Å²) in [5.41, 5.74) is -0.337. The Bertz CT molecular complexity index is 678. The Morgan fingerprint density at radius 1 is 0.677 bits per heavy atom. The minimum Gasteiger partial charge on any atom is -0.462 e. The van der Waals surface area contributed by atoms with Gasteiger partial charge in [-0.25, -0.2) is 4.79 Å². The van der Waals surface area contributed by atoms with Gasteiger partial charge in [0.25, 0.3) is 0 Å². The molecule has 184 valence electrons. The molecule has 0 aliphatic rings. The first-order valence-electron chi connectivity index (χ1n) is 7.49. The highest BCUT2D eigenvalue weighted by Gasteiger charge is 2.93. The molecule has 0 saturated carbocycles. The standard InChI is InChI=1S/C14H11F15O2/c1-6(2)7(30)31-5-3-4-8(15,16)9(17,18)10(19,20)11(21,22)12(23,24)13(25,26)14(27,28)29/h1,3-5H2,2H3. The number of carbonyl (C=O) groups excluding carboxylic acids is 1. The van der Waals surface area contributed by atoms with Gasteiger partial charge in [0.15, 0.2) is 0 Å². The van der Waals surface area contributed by atoms with E-state index in [0.717, 1.165) is 6.92 Å². The van der Waals surface area contributed by atoms with Crippen molar-refractivity contribution in [2.24, 2.45) is 0 Å². The fourth-order valence-electron chi connectivity index (χ4n) is 1.74. The van der Waals surface area contributed by atoms with E-state index in [9.17, 15) is 70.7 Å². The predicted molar refractivity (Wildman–Crippen MR) is 70.7 cm³/mol. The number of hydrogen-bond donors (Lipinski definition) is 0. The molecule has 0 atom stereocenters. The monoisotopic (exact) mass is 496 g/mol. The van der Waals surface area contributed by atoms with Crippen molar-refractivity contribution < 1.29 is 75.4 Å². The lowest BCUT2D eigenvalue weighted by Crippen LogP contribution is -2.72. The molecule has 0 aromatic carbocycles. The molecule has 0 bridgehead atoms. The van der Waals surface area contributed by atoms with Crippen LogP contribution in [0.25, 0.3) is 0 Å². The third-order valence-electron chi connectivity index (χ3n) is 3.61. The number of hydrogen-bond acceptors (Lipinski definition) is 2. The zero-order valence-corrected chi connectivity index (χ0v) is 14.8. The molecule has 0 heterocycles. The van der Waals surface area contributed by atoms with Crippen LogP contribution in [0.5, 0.6) is 0 Å². The van der Waals surface area contributed by atoms with E-state index >= 15 is 0 Å². The summed E-state index contributed by atoms with van der Waals surface area (Å²) in [6.07, 6.45) is -11.6. The van der Waals surface area contributed by atoms with Gasteiger partial charge in [-0.05, 0) is 13.3 Å². The Balaban J connectivity index is 5.93. The molecule has 0 aromatic heterocycles. The van der Waals surface area contributed by atoms with Crippen LogP contribution in [0, 0.1) is 0 Å². The second-order valence-electron chi connectivity index (χ2n) is 6.09. The molecular formula is C14H11F15O2. The van der Waals surface area contributed by atoms with Crippen molar-refractivity contribution in [2.45, 2.75) is 61.5 Å². The molecule has 0 rings (SSSR count). The number of rotatable bonds is 10. The average Bonchev–Trinajstić information content (AvgIpc) is 2.56. The molecule has 0 saturated heterocycles. The highest BCUT2D eigenvalue weighted by atomic mass is 19.4. The summed E-state index contributed by atoms with van der Waals surface area (Å²) in [5, 5.41) is 0. The van der Waals surface area contributed by atoms with Crippen molar-refractivity contribution in [1.82, 2.24) is 0 Å². The molecule has 0 unspecified atom stereocenters. The maximum Gasteiger partial charge on any atom is 0.460 e. The summed E-state index contributed by atoms with van der Waals surface area (Å²) in [4.78, 5) is 10.9. The molecule has 0 radical (unpaired) electrons. The highest BCUT2D eigenvalue weighted by molar-refractivity contribution is 5.86. The first-order chi connectivity index (χ1) is 13.3. The molecule has 0 aromatic rings. The van der Waals surface area contributed by atoms with Gasteiger partial charge in [-0.3, -0.25) is 0 Å². The van der Waals surface area contributed by atoms with Crippen LogP contribution in [-0.2, 0) is 9.53 Å². The maximum atomic E-state index is 13.5. The average molecular weight is 496 g/mol. The van der Waals surface area contributed by atoms with E-state index in [1.54, 1.807) is 0 Å². The lowest BCUT2D eigenvalue weighted by Gasteiger charge is -2.41. The Labute approximate surface area is 163 Å². The first-order valence-corrected chi connectivity index (χ1v) is 7.49. The summed E-state index contributed by atoms with van der Waals surface area (Å²) >= 11 is 0. The third kappa shape index (κ3) is 4.68. The molecule has 0 fully saturated rings. The zero-order chi connectivity index (χ0) is 25.5. The summed E-state index contributed by atoms with van der Waals surface area (Å²) in [6, 6.07) is 0. The molecule has 0 aliphatic heterocycles. The van der Waals surface area contributed by atoms with Crippen LogP contribution in [-0.4, -0.2) is 54.3 Å². The molecular weight excluding hydrogens is 485 g/mol. The van der Waals surface area contributed by atoms with Gasteiger partial charge in [0, 0.05) is 12.0 Å². The van der Waals surface area contributed by atoms with Crippen LogP contribution < -0.4 is 0 Å². The van der Waals surface area contributed by atoms with E-state index in [0.29, 0.717) is 0 Å². The van der Waals surface area contributed by atoms with Crippen LogP contribution >= 0.6 is 0 Å². The van der Waals surface area contributed by atoms with Gasteiger partial charge in [0.1, 0.15) is 0 Å². The third-order valence-corrected chi connectivity index (χ3v) is 3.61. The number of esters is 1. The molecule has 0 spiro atoms. The van der Waals surface area contributed by atoms with E-state index in [1.807, 2.05) is 0 Å². The summed E-state index contributed by atoms with van der Waals surface area (Å²) in [5.74, 6) is -47.9. The summed E-state index contributed by atoms with van der Waals surface area (Å²) in [7, 11) is 0. The normalized spacial score (nSPS) is 15.1. The highest BCUT2D eigenvalue weighted by Crippen LogP contribution is 2.62. The summed E-state index contributed by atoms with van der Waals surface area (Å²) in [6.45, 7) is 2.83. The quantitative estimate of drug-likeness (QED) is 0.155. The van der Waals surface area contributed by atoms with Gasteiger partial charge in [0.2, 0.25) is 0 Å². The molecule has 31 heavy (non-hydrogen) atoms. The SMILES string of the molecule is C=C(C)C(=O)OCCCC(F)(F)C(F)(F)C(F)(F)C(F)(F)C(F)(F)C(F)(F)C(F)(F)F. The second-order valence-corrected chi connectivity index (χ2v) is 6.09. The number of ether oxygens (including phenoxy) is 1. The minimum absolute atomic E-state index is 0.337. The topological polar surface area (TPSA) is 26.3 Å². The van der Waals surface area contributed by atoms with Crippen molar-refractivity contribution in [2.75, 3.05) is 6.61 Å². The molecule has 0 N–H and O–H groups in total. The van der Waals surface area contributed by atoms with Gasteiger partial charge >= 0.3 is 47.7 Å². The van der Waals surface area contributed by atoms with E-state index < -0.39 is 67.1 Å². The molecule has 2 nitrogen and oxygen atoms in total. The van der Waals surface area contributed by atoms with Crippen molar-refractivity contribution in [1.29, 1.82) is 0 Å². The van der Waals surface area contributed by atoms with Gasteiger partial charge in [-0.15, -0.1) is 0 Å². The lowest BCUT2D eigenvalue weighted by atomic mass is 9.90. The number of carbonyl (C=O) groups is 1. The van der Waals surface area contributed by atoms with Gasteiger partial charge < -0.3 is 4.74 Å². The number of halogens is 15. The molecule has 0 amide bonds. The predicted octanol–water partition coefficient (Wildman–Crippen LogP) is 6.26. The van der Waals surface area contributed by atoms with Crippen LogP contribution in [0.15, 0.2) is 12.2 Å². The first kappa shape index (κ1) is 29.2. The van der Waals surface area contributed by atoms with Gasteiger partial charge in [0.05, 0.1) is 6.61 Å². The van der Waals surface area contributed by atoms with E-state index in [-0.39, 0.29) is 5.57 Å². The van der Waals surface area contributed by atoms with Crippen molar-refractivity contribution in [3.63, 3.8) is 0 Å². The van der Waals surface area contributed by atoms with Crippen LogP contribution in [0.2, 0.25) is 0 Å². The largest absolute Gasteiger partial charge is 0.462 e. The van der Waals surface area contributed by atoms with Crippen molar-refractivity contribution in [3.05, 3.63) is 12.2 Å². The van der Waals surface area contributed by atoms with Crippen molar-refractivity contribution in [3.8, 4) is 0 Å². The van der Waals surface area contributed by atoms with Gasteiger partial charge in [-0.1, -0.05) is 6.58 Å². The Morgan fingerprint density at radius 2 is 1.03 bits per heavy atom. The smallest absolute Gasteiger partial charge is 0.460 e. The Morgan fingerprint density at radius 3 is 1.39 bits per heavy atom. The lowest BCUT2D eigenvalue weighted by molar-refractivity contribution is -0.452. The number of alkyl halides is 15. The van der Waals surface area contributed by atoms with Crippen LogP contribution in [0.3, 0.4) is 0 Å². The fraction of sp³-hybridized carbons (Fsp3) is 0.786. The van der Waals surface area contributed by atoms with Crippen LogP contribution in [0.4, 0.5) is 65.9 Å².